The molecule has 1 amide bonds. The van der Waals surface area contributed by atoms with Gasteiger partial charge in [0, 0.05) is 29.2 Å². The molecule has 0 atom stereocenters. The van der Waals surface area contributed by atoms with Crippen LogP contribution in [0.15, 0.2) is 84.6 Å². The Morgan fingerprint density at radius 2 is 1.77 bits per heavy atom. The maximum Gasteiger partial charge on any atom is 0.266 e. The fraction of sp³-hybridized carbons (Fsp3) is 0.0769. The summed E-state index contributed by atoms with van der Waals surface area (Å²) in [5, 5.41) is 13.0. The van der Waals surface area contributed by atoms with Gasteiger partial charge in [0.1, 0.15) is 17.5 Å². The van der Waals surface area contributed by atoms with Crippen LogP contribution in [0.2, 0.25) is 0 Å². The second-order valence-corrected chi connectivity index (χ2v) is 7.32. The van der Waals surface area contributed by atoms with Gasteiger partial charge in [-0.05, 0) is 36.8 Å². The summed E-state index contributed by atoms with van der Waals surface area (Å²) in [6.07, 6.45) is 3.47. The number of halogens is 1. The van der Waals surface area contributed by atoms with E-state index < -0.39 is 11.7 Å². The number of amides is 1. The average Bonchev–Trinajstić information content (AvgIpc) is 3.12. The first-order valence-corrected chi connectivity index (χ1v) is 9.86. The SMILES string of the molecule is Cc1ccc(Cn2cc(/C=C(/C#N)C(=O)Nc3ccccc3F)c3ccccc32)cc1. The molecule has 4 aromatic rings. The maximum absolute atomic E-state index is 13.9. The normalized spacial score (nSPS) is 11.3. The van der Waals surface area contributed by atoms with Crippen LogP contribution in [0.25, 0.3) is 17.0 Å². The Hall–Kier alpha value is -4.17. The van der Waals surface area contributed by atoms with Crippen LogP contribution in [0, 0.1) is 24.1 Å². The van der Waals surface area contributed by atoms with Crippen molar-refractivity contribution in [2.75, 3.05) is 5.32 Å². The highest BCUT2D eigenvalue weighted by atomic mass is 19.1. The van der Waals surface area contributed by atoms with Crippen LogP contribution in [0.4, 0.5) is 10.1 Å². The summed E-state index contributed by atoms with van der Waals surface area (Å²) in [5.74, 6) is -1.20. The van der Waals surface area contributed by atoms with Gasteiger partial charge in [0.25, 0.3) is 5.91 Å². The molecule has 0 aliphatic carbocycles. The summed E-state index contributed by atoms with van der Waals surface area (Å²) >= 11 is 0. The standard InChI is InChI=1S/C26H20FN3O/c1-18-10-12-19(13-11-18)16-30-17-21(22-6-2-5-9-25(22)30)14-20(15-28)26(31)29-24-8-4-3-7-23(24)27/h2-14,17H,16H2,1H3,(H,29,31)/b20-14-. The van der Waals surface area contributed by atoms with Crippen LogP contribution in [-0.4, -0.2) is 10.5 Å². The first kappa shape index (κ1) is 20.1. The van der Waals surface area contributed by atoms with Crippen molar-refractivity contribution >= 4 is 28.6 Å². The Morgan fingerprint density at radius 3 is 2.52 bits per heavy atom. The maximum atomic E-state index is 13.9. The second-order valence-electron chi connectivity index (χ2n) is 7.32. The molecule has 0 saturated carbocycles. The van der Waals surface area contributed by atoms with Gasteiger partial charge in [0.2, 0.25) is 0 Å². The third kappa shape index (κ3) is 4.39. The number of carbonyl (C=O) groups excluding carboxylic acids is 1. The van der Waals surface area contributed by atoms with E-state index >= 15 is 0 Å². The summed E-state index contributed by atoms with van der Waals surface area (Å²) in [7, 11) is 0. The van der Waals surface area contributed by atoms with Gasteiger partial charge >= 0.3 is 0 Å². The monoisotopic (exact) mass is 409 g/mol. The number of aryl methyl sites for hydroxylation is 1. The van der Waals surface area contributed by atoms with E-state index in [1.165, 1.54) is 23.8 Å². The third-order valence-corrected chi connectivity index (χ3v) is 5.08. The van der Waals surface area contributed by atoms with E-state index in [0.717, 1.165) is 22.0 Å². The average molecular weight is 409 g/mol. The molecule has 5 heteroatoms. The van der Waals surface area contributed by atoms with Crippen LogP contribution < -0.4 is 5.32 Å². The summed E-state index contributed by atoms with van der Waals surface area (Å²) in [6.45, 7) is 2.71. The molecular weight excluding hydrogens is 389 g/mol. The molecule has 4 rings (SSSR count). The molecule has 0 fully saturated rings. The number of fused-ring (bicyclic) bond motifs is 1. The molecular formula is C26H20FN3O. The minimum Gasteiger partial charge on any atom is -0.342 e. The largest absolute Gasteiger partial charge is 0.342 e. The molecule has 0 aliphatic rings. The van der Waals surface area contributed by atoms with Crippen molar-refractivity contribution in [2.45, 2.75) is 13.5 Å². The van der Waals surface area contributed by atoms with E-state index in [4.69, 9.17) is 0 Å². The van der Waals surface area contributed by atoms with Gasteiger partial charge < -0.3 is 9.88 Å². The van der Waals surface area contributed by atoms with Crippen molar-refractivity contribution in [1.82, 2.24) is 4.57 Å². The van der Waals surface area contributed by atoms with Crippen molar-refractivity contribution in [3.63, 3.8) is 0 Å². The number of hydrogen-bond donors (Lipinski definition) is 1. The van der Waals surface area contributed by atoms with E-state index in [9.17, 15) is 14.4 Å². The Balaban J connectivity index is 1.68. The zero-order valence-electron chi connectivity index (χ0n) is 17.0. The van der Waals surface area contributed by atoms with E-state index in [0.29, 0.717) is 6.54 Å². The lowest BCUT2D eigenvalue weighted by molar-refractivity contribution is -0.112. The molecule has 0 unspecified atom stereocenters. The molecule has 0 bridgehead atoms. The number of nitrogens with one attached hydrogen (secondary N) is 1. The van der Waals surface area contributed by atoms with Crippen LogP contribution in [-0.2, 0) is 11.3 Å². The van der Waals surface area contributed by atoms with Crippen molar-refractivity contribution in [3.8, 4) is 6.07 Å². The predicted molar refractivity (Wildman–Crippen MR) is 121 cm³/mol. The quantitative estimate of drug-likeness (QED) is 0.340. The second kappa shape index (κ2) is 8.68. The summed E-state index contributed by atoms with van der Waals surface area (Å²) < 4.78 is 16.0. The lowest BCUT2D eigenvalue weighted by Gasteiger charge is -2.06. The number of aromatic nitrogens is 1. The fourth-order valence-electron chi connectivity index (χ4n) is 3.47. The number of nitrogens with zero attached hydrogens (tertiary/aromatic N) is 2. The van der Waals surface area contributed by atoms with Crippen LogP contribution in [0.5, 0.6) is 0 Å². The molecule has 1 N–H and O–H groups in total. The summed E-state index contributed by atoms with van der Waals surface area (Å²) in [6, 6.07) is 24.0. The van der Waals surface area contributed by atoms with E-state index in [-0.39, 0.29) is 11.3 Å². The lowest BCUT2D eigenvalue weighted by atomic mass is 10.1. The molecule has 3 aromatic carbocycles. The number of carbonyl (C=O) groups is 1. The van der Waals surface area contributed by atoms with Crippen molar-refractivity contribution in [3.05, 3.63) is 107 Å². The minimum atomic E-state index is -0.650. The first-order chi connectivity index (χ1) is 15.0. The van der Waals surface area contributed by atoms with Crippen LogP contribution >= 0.6 is 0 Å². The third-order valence-electron chi connectivity index (χ3n) is 5.08. The van der Waals surface area contributed by atoms with Gasteiger partial charge in [0.05, 0.1) is 5.69 Å². The molecule has 1 heterocycles. The molecule has 1 aromatic heterocycles. The lowest BCUT2D eigenvalue weighted by Crippen LogP contribution is -2.14. The number of anilines is 1. The number of nitriles is 1. The van der Waals surface area contributed by atoms with Crippen molar-refractivity contribution in [2.24, 2.45) is 0 Å². The van der Waals surface area contributed by atoms with Gasteiger partial charge in [0.15, 0.2) is 0 Å². The number of rotatable bonds is 5. The Bertz CT molecular complexity index is 1330. The molecule has 0 spiro atoms. The highest BCUT2D eigenvalue weighted by Gasteiger charge is 2.14. The summed E-state index contributed by atoms with van der Waals surface area (Å²) in [5.41, 5.74) is 4.05. The Kier molecular flexibility index (Phi) is 5.63. The molecule has 0 saturated heterocycles. The first-order valence-electron chi connectivity index (χ1n) is 9.86. The number of para-hydroxylation sites is 2. The van der Waals surface area contributed by atoms with E-state index in [1.807, 2.05) is 43.5 Å². The van der Waals surface area contributed by atoms with Crippen molar-refractivity contribution < 1.29 is 9.18 Å². The molecule has 0 aliphatic heterocycles. The highest BCUT2D eigenvalue weighted by molar-refractivity contribution is 6.10. The van der Waals surface area contributed by atoms with Gasteiger partial charge in [-0.2, -0.15) is 5.26 Å². The van der Waals surface area contributed by atoms with E-state index in [2.05, 4.69) is 34.1 Å². The van der Waals surface area contributed by atoms with Gasteiger partial charge in [-0.15, -0.1) is 0 Å². The molecule has 152 valence electrons. The predicted octanol–water partition coefficient (Wildman–Crippen LogP) is 5.68. The van der Waals surface area contributed by atoms with Crippen LogP contribution in [0.3, 0.4) is 0 Å². The number of hydrogen-bond acceptors (Lipinski definition) is 2. The minimum absolute atomic E-state index is 0.0375. The summed E-state index contributed by atoms with van der Waals surface area (Å²) in [4.78, 5) is 12.6. The molecule has 31 heavy (non-hydrogen) atoms. The van der Waals surface area contributed by atoms with Crippen LogP contribution in [0.1, 0.15) is 16.7 Å². The van der Waals surface area contributed by atoms with Gasteiger partial charge in [-0.25, -0.2) is 4.39 Å². The molecule has 4 nitrogen and oxygen atoms in total. The fourth-order valence-corrected chi connectivity index (χ4v) is 3.47. The Morgan fingerprint density at radius 1 is 1.06 bits per heavy atom. The van der Waals surface area contributed by atoms with Gasteiger partial charge in [-0.3, -0.25) is 4.79 Å². The highest BCUT2D eigenvalue weighted by Crippen LogP contribution is 2.25. The number of benzene rings is 3. The van der Waals surface area contributed by atoms with Crippen molar-refractivity contribution in [1.29, 1.82) is 5.26 Å². The molecule has 0 radical (unpaired) electrons. The zero-order valence-corrected chi connectivity index (χ0v) is 17.0. The van der Waals surface area contributed by atoms with E-state index in [1.54, 1.807) is 12.1 Å². The smallest absolute Gasteiger partial charge is 0.266 e. The Labute approximate surface area is 179 Å². The zero-order chi connectivity index (χ0) is 21.8. The topological polar surface area (TPSA) is 57.8 Å². The van der Waals surface area contributed by atoms with Gasteiger partial charge in [-0.1, -0.05) is 60.2 Å².